The van der Waals surface area contributed by atoms with Crippen LogP contribution in [0.1, 0.15) is 69.4 Å². The van der Waals surface area contributed by atoms with Crippen molar-refractivity contribution < 1.29 is 4.74 Å². The number of hydrogen-bond acceptors (Lipinski definition) is 3. The van der Waals surface area contributed by atoms with Crippen molar-refractivity contribution in [3.8, 4) is 11.6 Å². The summed E-state index contributed by atoms with van der Waals surface area (Å²) in [6.45, 7) is 0. The largest absolute Gasteiger partial charge is 0.474 e. The van der Waals surface area contributed by atoms with E-state index in [2.05, 4.69) is 21.7 Å². The van der Waals surface area contributed by atoms with Gasteiger partial charge in [-0.05, 0) is 44.6 Å². The fourth-order valence-electron chi connectivity index (χ4n) is 3.92. The quantitative estimate of drug-likeness (QED) is 0.826. The highest BCUT2D eigenvalue weighted by Gasteiger charge is 2.21. The molecule has 4 nitrogen and oxygen atoms in total. The molecule has 0 atom stereocenters. The third-order valence-corrected chi connectivity index (χ3v) is 5.22. The minimum absolute atomic E-state index is 0.347. The van der Waals surface area contributed by atoms with Crippen LogP contribution in [0.2, 0.25) is 0 Å². The van der Waals surface area contributed by atoms with E-state index in [0.29, 0.717) is 12.0 Å². The minimum atomic E-state index is 0.347. The van der Waals surface area contributed by atoms with Crippen molar-refractivity contribution in [1.82, 2.24) is 14.5 Å². The number of aromatic nitrogens is 3. The smallest absolute Gasteiger partial charge is 0.215 e. The highest BCUT2D eigenvalue weighted by Crippen LogP contribution is 2.34. The molecule has 2 aromatic rings. The van der Waals surface area contributed by atoms with Crippen LogP contribution >= 0.6 is 0 Å². The van der Waals surface area contributed by atoms with Gasteiger partial charge < -0.3 is 9.30 Å². The summed E-state index contributed by atoms with van der Waals surface area (Å²) in [4.78, 5) is 9.05. The maximum atomic E-state index is 6.20. The Balaban J connectivity index is 1.65. The number of nitrogens with zero attached hydrogens (tertiary/aromatic N) is 3. The molecule has 0 unspecified atom stereocenters. The Labute approximate surface area is 137 Å². The van der Waals surface area contributed by atoms with Gasteiger partial charge in [0.05, 0.1) is 12.0 Å². The zero-order valence-electron chi connectivity index (χ0n) is 13.7. The van der Waals surface area contributed by atoms with Gasteiger partial charge >= 0.3 is 0 Å². The molecular formula is C19H25N3O. The van der Waals surface area contributed by atoms with E-state index in [4.69, 9.17) is 9.72 Å². The normalized spacial score (nSPS) is 20.0. The molecule has 0 aliphatic heterocycles. The average molecular weight is 311 g/mol. The highest BCUT2D eigenvalue weighted by atomic mass is 16.5. The van der Waals surface area contributed by atoms with Crippen LogP contribution in [0.4, 0.5) is 0 Å². The molecule has 0 aromatic carbocycles. The molecule has 4 rings (SSSR count). The molecule has 2 saturated carbocycles. The van der Waals surface area contributed by atoms with Gasteiger partial charge in [-0.2, -0.15) is 0 Å². The molecule has 0 saturated heterocycles. The van der Waals surface area contributed by atoms with Crippen molar-refractivity contribution in [2.45, 2.75) is 69.8 Å². The van der Waals surface area contributed by atoms with Crippen molar-refractivity contribution in [1.29, 1.82) is 0 Å². The molecule has 2 heterocycles. The first-order valence-electron chi connectivity index (χ1n) is 9.05. The summed E-state index contributed by atoms with van der Waals surface area (Å²) in [5.41, 5.74) is 2.31. The molecule has 2 aliphatic rings. The van der Waals surface area contributed by atoms with Gasteiger partial charge in [0.25, 0.3) is 0 Å². The highest BCUT2D eigenvalue weighted by molar-refractivity contribution is 5.39. The lowest BCUT2D eigenvalue weighted by atomic mass is 9.86. The average Bonchev–Trinajstić information content (AvgIpc) is 3.29. The van der Waals surface area contributed by atoms with Crippen LogP contribution < -0.4 is 4.74 Å². The third kappa shape index (κ3) is 3.41. The van der Waals surface area contributed by atoms with Crippen molar-refractivity contribution in [2.24, 2.45) is 0 Å². The summed E-state index contributed by atoms with van der Waals surface area (Å²) in [6, 6.07) is 4.28. The molecule has 0 bridgehead atoms. The van der Waals surface area contributed by atoms with Crippen LogP contribution in [0, 0.1) is 0 Å². The van der Waals surface area contributed by atoms with Crippen molar-refractivity contribution in [3.63, 3.8) is 0 Å². The second-order valence-electron chi connectivity index (χ2n) is 6.92. The van der Waals surface area contributed by atoms with E-state index in [9.17, 15) is 0 Å². The maximum Gasteiger partial charge on any atom is 0.215 e. The van der Waals surface area contributed by atoms with E-state index in [1.165, 1.54) is 50.6 Å². The van der Waals surface area contributed by atoms with Crippen LogP contribution in [-0.4, -0.2) is 20.6 Å². The summed E-state index contributed by atoms with van der Waals surface area (Å²) >= 11 is 0. The van der Waals surface area contributed by atoms with E-state index in [-0.39, 0.29) is 0 Å². The zero-order valence-corrected chi connectivity index (χ0v) is 13.7. The number of ether oxygens (including phenoxy) is 1. The lowest BCUT2D eigenvalue weighted by molar-refractivity contribution is 0.200. The van der Waals surface area contributed by atoms with Crippen LogP contribution in [0.25, 0.3) is 5.69 Å². The van der Waals surface area contributed by atoms with Crippen LogP contribution in [-0.2, 0) is 0 Å². The molecule has 0 amide bonds. The van der Waals surface area contributed by atoms with Crippen LogP contribution in [0.3, 0.4) is 0 Å². The first-order valence-corrected chi connectivity index (χ1v) is 9.05. The van der Waals surface area contributed by atoms with E-state index >= 15 is 0 Å². The second kappa shape index (κ2) is 6.73. The standard InChI is InChI=1S/C19H25N3O/c1-2-6-15(7-3-1)18-12-16(22-11-10-20-14-22)13-19(21-18)23-17-8-4-5-9-17/h10-15,17H,1-9H2. The number of rotatable bonds is 4. The Morgan fingerprint density at radius 2 is 1.74 bits per heavy atom. The molecule has 0 radical (unpaired) electrons. The first-order chi connectivity index (χ1) is 11.4. The van der Waals surface area contributed by atoms with E-state index in [1.54, 1.807) is 0 Å². The van der Waals surface area contributed by atoms with Crippen molar-refractivity contribution in [2.75, 3.05) is 0 Å². The summed E-state index contributed by atoms with van der Waals surface area (Å²) in [5, 5.41) is 0. The van der Waals surface area contributed by atoms with Gasteiger partial charge in [-0.1, -0.05) is 19.3 Å². The SMILES string of the molecule is c1cn(-c2cc(OC3CCCC3)nc(C3CCCCC3)c2)cn1. The summed E-state index contributed by atoms with van der Waals surface area (Å²) in [6.07, 6.45) is 17.4. The summed E-state index contributed by atoms with van der Waals surface area (Å²) in [7, 11) is 0. The summed E-state index contributed by atoms with van der Waals surface area (Å²) in [5.74, 6) is 1.38. The van der Waals surface area contributed by atoms with Gasteiger partial charge in [0.1, 0.15) is 6.10 Å². The predicted octanol–water partition coefficient (Wildman–Crippen LogP) is 4.64. The van der Waals surface area contributed by atoms with E-state index < -0.39 is 0 Å². The molecule has 2 fully saturated rings. The van der Waals surface area contributed by atoms with E-state index in [0.717, 1.165) is 24.4 Å². The van der Waals surface area contributed by atoms with E-state index in [1.807, 2.05) is 18.7 Å². The Kier molecular flexibility index (Phi) is 4.31. The molecule has 4 heteroatoms. The topological polar surface area (TPSA) is 39.9 Å². The van der Waals surface area contributed by atoms with Crippen molar-refractivity contribution in [3.05, 3.63) is 36.5 Å². The van der Waals surface area contributed by atoms with Crippen LogP contribution in [0.5, 0.6) is 5.88 Å². The Bertz CT molecular complexity index is 626. The lowest BCUT2D eigenvalue weighted by Crippen LogP contribution is -2.14. The monoisotopic (exact) mass is 311 g/mol. The van der Waals surface area contributed by atoms with Gasteiger partial charge in [-0.15, -0.1) is 0 Å². The molecule has 23 heavy (non-hydrogen) atoms. The number of pyridine rings is 1. The third-order valence-electron chi connectivity index (χ3n) is 5.22. The number of imidazole rings is 1. The van der Waals surface area contributed by atoms with Gasteiger partial charge in [0, 0.05) is 30.1 Å². The lowest BCUT2D eigenvalue weighted by Gasteiger charge is -2.23. The van der Waals surface area contributed by atoms with Gasteiger partial charge in [-0.25, -0.2) is 9.97 Å². The predicted molar refractivity (Wildman–Crippen MR) is 90.1 cm³/mol. The Morgan fingerprint density at radius 1 is 0.957 bits per heavy atom. The molecular weight excluding hydrogens is 286 g/mol. The molecule has 122 valence electrons. The molecule has 2 aromatic heterocycles. The maximum absolute atomic E-state index is 6.20. The fourth-order valence-corrected chi connectivity index (χ4v) is 3.92. The molecule has 2 aliphatic carbocycles. The molecule has 0 N–H and O–H groups in total. The van der Waals surface area contributed by atoms with Gasteiger partial charge in [0.15, 0.2) is 0 Å². The summed E-state index contributed by atoms with van der Waals surface area (Å²) < 4.78 is 8.25. The number of hydrogen-bond donors (Lipinski definition) is 0. The van der Waals surface area contributed by atoms with Crippen molar-refractivity contribution >= 4 is 0 Å². The van der Waals surface area contributed by atoms with Gasteiger partial charge in [-0.3, -0.25) is 0 Å². The zero-order chi connectivity index (χ0) is 15.5. The fraction of sp³-hybridized carbons (Fsp3) is 0.579. The Hall–Kier alpha value is -1.84. The van der Waals surface area contributed by atoms with Crippen LogP contribution in [0.15, 0.2) is 30.9 Å². The first kappa shape index (κ1) is 14.7. The second-order valence-corrected chi connectivity index (χ2v) is 6.92. The molecule has 0 spiro atoms. The van der Waals surface area contributed by atoms with Gasteiger partial charge in [0.2, 0.25) is 5.88 Å². The Morgan fingerprint density at radius 3 is 2.48 bits per heavy atom. The minimum Gasteiger partial charge on any atom is -0.474 e.